The van der Waals surface area contributed by atoms with Crippen LogP contribution in [0.1, 0.15) is 37.7 Å². The van der Waals surface area contributed by atoms with E-state index in [4.69, 9.17) is 4.74 Å². The number of halogens is 2. The molecule has 4 atom stereocenters. The van der Waals surface area contributed by atoms with Crippen LogP contribution >= 0.6 is 31.9 Å². The first-order valence-electron chi connectivity index (χ1n) is 10.0. The van der Waals surface area contributed by atoms with E-state index in [9.17, 15) is 20.4 Å². The molecule has 5 N–H and O–H groups in total. The monoisotopic (exact) mass is 536 g/mol. The summed E-state index contributed by atoms with van der Waals surface area (Å²) in [6, 6.07) is 4.50. The fourth-order valence-corrected chi connectivity index (χ4v) is 5.58. The molecule has 1 heterocycles. The molecule has 4 unspecified atom stereocenters. The highest BCUT2D eigenvalue weighted by Crippen LogP contribution is 2.34. The minimum absolute atomic E-state index is 0.141. The van der Waals surface area contributed by atoms with E-state index in [1.807, 2.05) is 12.1 Å². The van der Waals surface area contributed by atoms with E-state index < -0.39 is 24.1 Å². The Kier molecular flexibility index (Phi) is 8.00. The van der Waals surface area contributed by atoms with Gasteiger partial charge in [0.15, 0.2) is 0 Å². The molecule has 1 aliphatic heterocycles. The van der Waals surface area contributed by atoms with Crippen molar-refractivity contribution in [2.24, 2.45) is 0 Å². The van der Waals surface area contributed by atoms with Crippen molar-refractivity contribution in [3.63, 3.8) is 0 Å². The lowest BCUT2D eigenvalue weighted by atomic mass is 9.94. The molecule has 2 fully saturated rings. The Bertz CT molecular complexity index is 704. The lowest BCUT2D eigenvalue weighted by Crippen LogP contribution is -2.63. The normalized spacial score (nSPS) is 31.2. The molecule has 2 aliphatic rings. The molecule has 9 heteroatoms. The van der Waals surface area contributed by atoms with Gasteiger partial charge in [-0.15, -0.1) is 0 Å². The third-order valence-electron chi connectivity index (χ3n) is 5.96. The van der Waals surface area contributed by atoms with Crippen LogP contribution in [0.3, 0.4) is 0 Å². The molecule has 0 spiro atoms. The number of ether oxygens (including phenoxy) is 1. The van der Waals surface area contributed by atoms with Crippen LogP contribution in [0.5, 0.6) is 0 Å². The third kappa shape index (κ3) is 5.51. The van der Waals surface area contributed by atoms with E-state index in [2.05, 4.69) is 49.1 Å². The van der Waals surface area contributed by atoms with Gasteiger partial charge in [-0.1, -0.05) is 35.2 Å². The highest BCUT2D eigenvalue weighted by molar-refractivity contribution is 9.11. The predicted molar refractivity (Wildman–Crippen MR) is 118 cm³/mol. The maximum absolute atomic E-state index is 10.7. The van der Waals surface area contributed by atoms with Crippen molar-refractivity contribution in [2.45, 2.75) is 68.8 Å². The van der Waals surface area contributed by atoms with E-state index in [1.165, 1.54) is 32.1 Å². The molecule has 0 aromatic heterocycles. The van der Waals surface area contributed by atoms with Crippen molar-refractivity contribution >= 4 is 37.5 Å². The second kappa shape index (κ2) is 9.91. The summed E-state index contributed by atoms with van der Waals surface area (Å²) in [5, 5.41) is 43.6. The van der Waals surface area contributed by atoms with E-state index in [0.29, 0.717) is 6.04 Å². The quantitative estimate of drug-likeness (QED) is 0.379. The van der Waals surface area contributed by atoms with Gasteiger partial charge in [0.1, 0.15) is 18.3 Å². The number of aliphatic hydroxyl groups is 4. The summed E-state index contributed by atoms with van der Waals surface area (Å²) in [6.07, 6.45) is 1.91. The van der Waals surface area contributed by atoms with Gasteiger partial charge in [0.25, 0.3) is 0 Å². The largest absolute Gasteiger partial charge is 0.388 e. The Morgan fingerprint density at radius 1 is 1.17 bits per heavy atom. The molecule has 164 valence electrons. The fraction of sp³-hybridized carbons (Fsp3) is 0.700. The van der Waals surface area contributed by atoms with Crippen LogP contribution in [0.15, 0.2) is 21.1 Å². The van der Waals surface area contributed by atoms with Crippen molar-refractivity contribution in [2.75, 3.05) is 25.5 Å². The second-order valence-corrected chi connectivity index (χ2v) is 9.91. The van der Waals surface area contributed by atoms with Crippen LogP contribution in [-0.4, -0.2) is 75.7 Å². The molecule has 1 saturated heterocycles. The molecule has 7 nitrogen and oxygen atoms in total. The van der Waals surface area contributed by atoms with Gasteiger partial charge in [-0.25, -0.2) is 0 Å². The van der Waals surface area contributed by atoms with E-state index in [0.717, 1.165) is 26.7 Å². The maximum atomic E-state index is 10.7. The molecular formula is C20H30Br2N2O5. The Balaban J connectivity index is 1.74. The van der Waals surface area contributed by atoms with Crippen LogP contribution in [0.4, 0.5) is 5.69 Å². The van der Waals surface area contributed by atoms with Crippen LogP contribution in [0.25, 0.3) is 0 Å². The summed E-state index contributed by atoms with van der Waals surface area (Å²) >= 11 is 7.12. The molecular weight excluding hydrogens is 508 g/mol. The minimum atomic E-state index is -2.00. The average molecular weight is 538 g/mol. The van der Waals surface area contributed by atoms with Gasteiger partial charge in [0.05, 0.1) is 18.8 Å². The number of nitrogens with one attached hydrogen (secondary N) is 1. The number of nitrogens with zero attached hydrogens (tertiary/aromatic N) is 1. The van der Waals surface area contributed by atoms with E-state index in [-0.39, 0.29) is 13.2 Å². The molecule has 1 saturated carbocycles. The summed E-state index contributed by atoms with van der Waals surface area (Å²) in [5.41, 5.74) is 1.83. The van der Waals surface area contributed by atoms with Crippen LogP contribution in [0.2, 0.25) is 0 Å². The van der Waals surface area contributed by atoms with Gasteiger partial charge >= 0.3 is 0 Å². The van der Waals surface area contributed by atoms with Gasteiger partial charge in [-0.2, -0.15) is 0 Å². The van der Waals surface area contributed by atoms with Gasteiger partial charge in [-0.05, 0) is 53.5 Å². The average Bonchev–Trinajstić information content (AvgIpc) is 2.69. The number of anilines is 1. The zero-order chi connectivity index (χ0) is 21.2. The Morgan fingerprint density at radius 2 is 1.86 bits per heavy atom. The van der Waals surface area contributed by atoms with Crippen molar-refractivity contribution in [1.29, 1.82) is 0 Å². The SMILES string of the molecule is CN(Cc1cc(Br)cc(Br)c1NCC1(O)OCC(O)C(O)C1O)C1CCCCC1. The zero-order valence-corrected chi connectivity index (χ0v) is 19.7. The number of hydrogen-bond acceptors (Lipinski definition) is 7. The lowest BCUT2D eigenvalue weighted by Gasteiger charge is -2.42. The topological polar surface area (TPSA) is 105 Å². The predicted octanol–water partition coefficient (Wildman–Crippen LogP) is 2.19. The van der Waals surface area contributed by atoms with Crippen molar-refractivity contribution in [3.05, 3.63) is 26.6 Å². The van der Waals surface area contributed by atoms with Gasteiger partial charge < -0.3 is 30.5 Å². The highest BCUT2D eigenvalue weighted by Gasteiger charge is 2.48. The first-order chi connectivity index (χ1) is 13.7. The number of hydrogen-bond donors (Lipinski definition) is 5. The summed E-state index contributed by atoms with van der Waals surface area (Å²) in [6.45, 7) is 0.335. The van der Waals surface area contributed by atoms with E-state index >= 15 is 0 Å². The zero-order valence-electron chi connectivity index (χ0n) is 16.5. The van der Waals surface area contributed by atoms with Crippen LogP contribution < -0.4 is 5.32 Å². The Hall–Kier alpha value is -0.260. The van der Waals surface area contributed by atoms with Gasteiger partial charge in [0.2, 0.25) is 5.79 Å². The molecule has 1 aromatic rings. The number of benzene rings is 1. The first kappa shape index (κ1) is 23.4. The number of aliphatic hydroxyl groups excluding tert-OH is 3. The third-order valence-corrected chi connectivity index (χ3v) is 7.04. The standard InChI is InChI=1S/C20H30Br2N2O5/c1-24(14-5-3-2-4-6-14)9-12-7-13(21)8-15(22)17(12)23-11-20(28)19(27)18(26)16(25)10-29-20/h7-8,14,16,18-19,23,25-28H,2-6,9-11H2,1H3. The Labute approximate surface area is 188 Å². The van der Waals surface area contributed by atoms with Crippen LogP contribution in [0, 0.1) is 0 Å². The van der Waals surface area contributed by atoms with Gasteiger partial charge in [-0.3, -0.25) is 4.90 Å². The molecule has 1 aliphatic carbocycles. The lowest BCUT2D eigenvalue weighted by molar-refractivity contribution is -0.313. The smallest absolute Gasteiger partial charge is 0.212 e. The molecule has 1 aromatic carbocycles. The number of rotatable bonds is 6. The maximum Gasteiger partial charge on any atom is 0.212 e. The molecule has 0 radical (unpaired) electrons. The van der Waals surface area contributed by atoms with Crippen molar-refractivity contribution in [3.8, 4) is 0 Å². The Morgan fingerprint density at radius 3 is 2.55 bits per heavy atom. The van der Waals surface area contributed by atoms with E-state index in [1.54, 1.807) is 0 Å². The van der Waals surface area contributed by atoms with Gasteiger partial charge in [0, 0.05) is 21.5 Å². The molecule has 0 amide bonds. The van der Waals surface area contributed by atoms with Crippen molar-refractivity contribution < 1.29 is 25.2 Å². The molecule has 3 rings (SSSR count). The molecule has 29 heavy (non-hydrogen) atoms. The molecule has 0 bridgehead atoms. The first-order valence-corrected chi connectivity index (χ1v) is 11.6. The summed E-state index contributed by atoms with van der Waals surface area (Å²) in [4.78, 5) is 2.36. The summed E-state index contributed by atoms with van der Waals surface area (Å²) < 4.78 is 7.01. The fourth-order valence-electron chi connectivity index (χ4n) is 4.13. The minimum Gasteiger partial charge on any atom is -0.388 e. The van der Waals surface area contributed by atoms with Crippen LogP contribution in [-0.2, 0) is 11.3 Å². The summed E-state index contributed by atoms with van der Waals surface area (Å²) in [5.74, 6) is -2.00. The second-order valence-electron chi connectivity index (χ2n) is 8.14. The highest BCUT2D eigenvalue weighted by atomic mass is 79.9. The summed E-state index contributed by atoms with van der Waals surface area (Å²) in [7, 11) is 2.13. The van der Waals surface area contributed by atoms with Crippen molar-refractivity contribution in [1.82, 2.24) is 4.90 Å².